The van der Waals surface area contributed by atoms with Crippen LogP contribution in [-0.2, 0) is 17.7 Å². The zero-order valence-corrected chi connectivity index (χ0v) is 13.7. The van der Waals surface area contributed by atoms with Crippen molar-refractivity contribution in [3.8, 4) is 0 Å². The van der Waals surface area contributed by atoms with Crippen molar-refractivity contribution in [3.63, 3.8) is 0 Å². The largest absolute Gasteiger partial charge is 0.442 e. The predicted octanol–water partition coefficient (Wildman–Crippen LogP) is 2.00. The van der Waals surface area contributed by atoms with Crippen LogP contribution in [0.25, 0.3) is 0 Å². The van der Waals surface area contributed by atoms with Crippen LogP contribution in [0, 0.1) is 5.82 Å². The van der Waals surface area contributed by atoms with Crippen molar-refractivity contribution in [3.05, 3.63) is 71.5 Å². The number of rotatable bonds is 5. The maximum Gasteiger partial charge on any atom is 0.407 e. The Labute approximate surface area is 145 Å². The molecular weight excluding hydrogens is 323 g/mol. The van der Waals surface area contributed by atoms with Crippen molar-refractivity contribution < 1.29 is 19.0 Å². The second-order valence-corrected chi connectivity index (χ2v) is 6.12. The lowest BCUT2D eigenvalue weighted by molar-refractivity contribution is 0.0188. The van der Waals surface area contributed by atoms with Gasteiger partial charge in [-0.2, -0.15) is 0 Å². The topological polar surface area (TPSA) is 70.6 Å². The molecule has 6 heteroatoms. The molecular formula is C19H21FN2O3. The lowest BCUT2D eigenvalue weighted by atomic mass is 10.0. The first-order valence-corrected chi connectivity index (χ1v) is 8.26. The number of aliphatic hydroxyl groups excluding tert-OH is 1. The predicted molar refractivity (Wildman–Crippen MR) is 91.5 cm³/mol. The highest BCUT2D eigenvalue weighted by atomic mass is 19.1. The highest BCUT2D eigenvalue weighted by molar-refractivity contribution is 5.67. The van der Waals surface area contributed by atoms with Crippen LogP contribution < -0.4 is 10.6 Å². The Morgan fingerprint density at radius 2 is 1.88 bits per heavy atom. The van der Waals surface area contributed by atoms with E-state index < -0.39 is 18.3 Å². The molecule has 0 unspecified atom stereocenters. The summed E-state index contributed by atoms with van der Waals surface area (Å²) in [6, 6.07) is 15.4. The molecule has 1 aliphatic heterocycles. The van der Waals surface area contributed by atoms with Gasteiger partial charge < -0.3 is 20.5 Å². The molecule has 0 bridgehead atoms. The number of benzene rings is 2. The van der Waals surface area contributed by atoms with Crippen LogP contribution >= 0.6 is 0 Å². The lowest BCUT2D eigenvalue weighted by Crippen LogP contribution is -2.41. The minimum atomic E-state index is -0.770. The number of ether oxygens (including phenoxy) is 1. The summed E-state index contributed by atoms with van der Waals surface area (Å²) in [5.74, 6) is -0.295. The van der Waals surface area contributed by atoms with Crippen LogP contribution in [0.3, 0.4) is 0 Å². The number of carbonyl (C=O) groups is 1. The number of alkyl carbamates (subject to hydrolysis) is 1. The Kier molecular flexibility index (Phi) is 5.63. The number of aliphatic hydroxyl groups is 1. The molecule has 3 atom stereocenters. The molecule has 0 aliphatic carbocycles. The maximum atomic E-state index is 13.0. The standard InChI is InChI=1S/C19H21FN2O3/c20-15-8-6-13(7-9-15)10-16-18(17(23)12-21-16)25-19(24)22-11-14-4-2-1-3-5-14/h1-9,16-18,21,23H,10-12H2,(H,22,24)/t16-,17+,18+/m1/s1. The minimum absolute atomic E-state index is 0.220. The summed E-state index contributed by atoms with van der Waals surface area (Å²) >= 11 is 0. The molecule has 1 fully saturated rings. The zero-order chi connectivity index (χ0) is 17.6. The summed E-state index contributed by atoms with van der Waals surface area (Å²) in [6.07, 6.45) is -1.46. The summed E-state index contributed by atoms with van der Waals surface area (Å²) in [4.78, 5) is 12.0. The molecule has 2 aromatic rings. The van der Waals surface area contributed by atoms with Crippen molar-refractivity contribution in [1.82, 2.24) is 10.6 Å². The Morgan fingerprint density at radius 3 is 2.60 bits per heavy atom. The van der Waals surface area contributed by atoms with Gasteiger partial charge in [0.1, 0.15) is 18.0 Å². The molecule has 25 heavy (non-hydrogen) atoms. The number of carbonyl (C=O) groups excluding carboxylic acids is 1. The van der Waals surface area contributed by atoms with Gasteiger partial charge in [-0.25, -0.2) is 9.18 Å². The van der Waals surface area contributed by atoms with Crippen LogP contribution in [-0.4, -0.2) is 36.0 Å². The summed E-state index contributed by atoms with van der Waals surface area (Å²) in [5.41, 5.74) is 1.87. The van der Waals surface area contributed by atoms with Crippen molar-refractivity contribution in [2.24, 2.45) is 0 Å². The van der Waals surface area contributed by atoms with Gasteiger partial charge in [0, 0.05) is 13.1 Å². The zero-order valence-electron chi connectivity index (χ0n) is 13.7. The summed E-state index contributed by atoms with van der Waals surface area (Å²) < 4.78 is 18.4. The third-order valence-corrected chi connectivity index (χ3v) is 4.26. The van der Waals surface area contributed by atoms with Gasteiger partial charge in [-0.3, -0.25) is 0 Å². The van der Waals surface area contributed by atoms with Gasteiger partial charge in [-0.15, -0.1) is 0 Å². The van der Waals surface area contributed by atoms with Crippen LogP contribution in [0.2, 0.25) is 0 Å². The van der Waals surface area contributed by atoms with Crippen molar-refractivity contribution >= 4 is 6.09 Å². The van der Waals surface area contributed by atoms with E-state index in [4.69, 9.17) is 4.74 Å². The van der Waals surface area contributed by atoms with E-state index >= 15 is 0 Å². The fourth-order valence-electron chi connectivity index (χ4n) is 2.93. The number of hydrogen-bond acceptors (Lipinski definition) is 4. The molecule has 132 valence electrons. The fourth-order valence-corrected chi connectivity index (χ4v) is 2.93. The second-order valence-electron chi connectivity index (χ2n) is 6.12. The molecule has 3 N–H and O–H groups in total. The first-order valence-electron chi connectivity index (χ1n) is 8.26. The molecule has 1 amide bonds. The third-order valence-electron chi connectivity index (χ3n) is 4.26. The molecule has 0 spiro atoms. The van der Waals surface area contributed by atoms with Crippen LogP contribution in [0.5, 0.6) is 0 Å². The monoisotopic (exact) mass is 344 g/mol. The molecule has 2 aromatic carbocycles. The first-order chi connectivity index (χ1) is 12.1. The van der Waals surface area contributed by atoms with Crippen molar-refractivity contribution in [1.29, 1.82) is 0 Å². The first kappa shape index (κ1) is 17.4. The van der Waals surface area contributed by atoms with E-state index in [1.807, 2.05) is 30.3 Å². The summed E-state index contributed by atoms with van der Waals surface area (Å²) in [6.45, 7) is 0.709. The molecule has 1 aliphatic rings. The van der Waals surface area contributed by atoms with Crippen molar-refractivity contribution in [2.45, 2.75) is 31.2 Å². The molecule has 1 saturated heterocycles. The van der Waals surface area contributed by atoms with Gasteiger partial charge in [0.05, 0.1) is 6.04 Å². The Hall–Kier alpha value is -2.44. The van der Waals surface area contributed by atoms with Gasteiger partial charge in [-0.05, 0) is 29.7 Å². The van der Waals surface area contributed by atoms with E-state index in [2.05, 4.69) is 10.6 Å². The number of amides is 1. The maximum absolute atomic E-state index is 13.0. The molecule has 3 rings (SSSR count). The Balaban J connectivity index is 1.55. The van der Waals surface area contributed by atoms with Crippen LogP contribution in [0.15, 0.2) is 54.6 Å². The third kappa shape index (κ3) is 4.78. The Morgan fingerprint density at radius 1 is 1.16 bits per heavy atom. The quantitative estimate of drug-likeness (QED) is 0.776. The summed E-state index contributed by atoms with van der Waals surface area (Å²) in [7, 11) is 0. The van der Waals surface area contributed by atoms with E-state index in [0.29, 0.717) is 19.5 Å². The van der Waals surface area contributed by atoms with Gasteiger partial charge in [0.15, 0.2) is 0 Å². The average molecular weight is 344 g/mol. The van der Waals surface area contributed by atoms with Gasteiger partial charge in [0.2, 0.25) is 0 Å². The average Bonchev–Trinajstić information content (AvgIpc) is 2.96. The van der Waals surface area contributed by atoms with Gasteiger partial charge in [0.25, 0.3) is 0 Å². The fraction of sp³-hybridized carbons (Fsp3) is 0.316. The number of hydrogen-bond donors (Lipinski definition) is 3. The lowest BCUT2D eigenvalue weighted by Gasteiger charge is -2.22. The summed E-state index contributed by atoms with van der Waals surface area (Å²) in [5, 5.41) is 15.9. The Bertz CT molecular complexity index is 694. The highest BCUT2D eigenvalue weighted by Crippen LogP contribution is 2.17. The number of halogens is 1. The van der Waals surface area contributed by atoms with E-state index in [0.717, 1.165) is 11.1 Å². The van der Waals surface area contributed by atoms with E-state index in [1.165, 1.54) is 12.1 Å². The van der Waals surface area contributed by atoms with E-state index in [9.17, 15) is 14.3 Å². The second kappa shape index (κ2) is 8.09. The van der Waals surface area contributed by atoms with Gasteiger partial charge in [-0.1, -0.05) is 42.5 Å². The highest BCUT2D eigenvalue weighted by Gasteiger charge is 2.37. The normalized spacial score (nSPS) is 22.6. The van der Waals surface area contributed by atoms with Crippen molar-refractivity contribution in [2.75, 3.05) is 6.54 Å². The molecule has 0 saturated carbocycles. The molecule has 0 radical (unpaired) electrons. The number of β-amino-alcohol motifs (C(OH)–C–C–N with tert-alkyl or cyclic N) is 1. The van der Waals surface area contributed by atoms with Crippen LogP contribution in [0.1, 0.15) is 11.1 Å². The molecule has 1 heterocycles. The molecule has 0 aromatic heterocycles. The molecule has 5 nitrogen and oxygen atoms in total. The van der Waals surface area contributed by atoms with E-state index in [-0.39, 0.29) is 11.9 Å². The smallest absolute Gasteiger partial charge is 0.407 e. The minimum Gasteiger partial charge on any atom is -0.442 e. The number of nitrogens with one attached hydrogen (secondary N) is 2. The SMILES string of the molecule is O=C(NCc1ccccc1)O[C@@H]1[C@@H](O)CN[C@@H]1Cc1ccc(F)cc1. The van der Waals surface area contributed by atoms with Gasteiger partial charge >= 0.3 is 6.09 Å². The van der Waals surface area contributed by atoms with E-state index in [1.54, 1.807) is 12.1 Å². The van der Waals surface area contributed by atoms with Crippen LogP contribution in [0.4, 0.5) is 9.18 Å².